The van der Waals surface area contributed by atoms with E-state index >= 15 is 0 Å². The molecule has 2 aromatic rings. The molecule has 1 heterocycles. The average Bonchev–Trinajstić information content (AvgIpc) is 2.93. The minimum absolute atomic E-state index is 0.137. The van der Waals surface area contributed by atoms with Crippen LogP contribution in [0, 0.1) is 5.82 Å². The maximum atomic E-state index is 13.7. The number of fused-ring (bicyclic) bond motifs is 1. The number of hydrogen-bond donors (Lipinski definition) is 1. The summed E-state index contributed by atoms with van der Waals surface area (Å²) in [7, 11) is 1.40. The van der Waals surface area contributed by atoms with Gasteiger partial charge in [0.15, 0.2) is 11.6 Å². The summed E-state index contributed by atoms with van der Waals surface area (Å²) in [5, 5.41) is 2.85. The van der Waals surface area contributed by atoms with Crippen LogP contribution in [-0.4, -0.2) is 32.1 Å². The molecule has 1 aliphatic rings. The lowest BCUT2D eigenvalue weighted by Gasteiger charge is -2.24. The van der Waals surface area contributed by atoms with E-state index in [1.807, 2.05) is 0 Å². The summed E-state index contributed by atoms with van der Waals surface area (Å²) in [6, 6.07) is 13.2. The minimum atomic E-state index is -0.530. The van der Waals surface area contributed by atoms with Gasteiger partial charge in [0.2, 0.25) is 0 Å². The topological polar surface area (TPSA) is 41.6 Å². The van der Waals surface area contributed by atoms with Crippen molar-refractivity contribution in [3.63, 3.8) is 0 Å². The van der Waals surface area contributed by atoms with Gasteiger partial charge < -0.3 is 15.0 Å². The molecule has 0 saturated heterocycles. The summed E-state index contributed by atoms with van der Waals surface area (Å²) in [4.78, 5) is 14.5. The van der Waals surface area contributed by atoms with Crippen molar-refractivity contribution in [3.8, 4) is 5.75 Å². The second kappa shape index (κ2) is 7.55. The predicted octanol–water partition coefficient (Wildman–Crippen LogP) is 3.41. The molecule has 132 valence electrons. The van der Waals surface area contributed by atoms with Crippen molar-refractivity contribution in [1.29, 1.82) is 0 Å². The first-order chi connectivity index (χ1) is 12.1. The Kier molecular flexibility index (Phi) is 5.22. The van der Waals surface area contributed by atoms with Gasteiger partial charge in [-0.2, -0.15) is 0 Å². The maximum Gasteiger partial charge on any atom is 0.251 e. The van der Waals surface area contributed by atoms with Crippen molar-refractivity contribution in [2.45, 2.75) is 25.8 Å². The minimum Gasteiger partial charge on any atom is -0.494 e. The van der Waals surface area contributed by atoms with E-state index in [0.717, 1.165) is 19.4 Å². The van der Waals surface area contributed by atoms with E-state index in [9.17, 15) is 9.18 Å². The molecule has 0 aliphatic carbocycles. The van der Waals surface area contributed by atoms with Crippen LogP contribution in [0.2, 0.25) is 0 Å². The van der Waals surface area contributed by atoms with Crippen molar-refractivity contribution in [2.24, 2.45) is 0 Å². The lowest BCUT2D eigenvalue weighted by molar-refractivity contribution is 0.0953. The second-order valence-corrected chi connectivity index (χ2v) is 6.33. The molecule has 1 N–H and O–H groups in total. The number of ether oxygens (including phenoxy) is 1. The quantitative estimate of drug-likeness (QED) is 0.818. The van der Waals surface area contributed by atoms with Crippen molar-refractivity contribution in [3.05, 3.63) is 59.4 Å². The zero-order valence-electron chi connectivity index (χ0n) is 14.6. The Morgan fingerprint density at radius 3 is 2.88 bits per heavy atom. The summed E-state index contributed by atoms with van der Waals surface area (Å²) >= 11 is 0. The van der Waals surface area contributed by atoms with Gasteiger partial charge >= 0.3 is 0 Å². The summed E-state index contributed by atoms with van der Waals surface area (Å²) in [5.74, 6) is -0.660. The summed E-state index contributed by atoms with van der Waals surface area (Å²) in [6.45, 7) is 3.66. The van der Waals surface area contributed by atoms with Gasteiger partial charge in [0.25, 0.3) is 5.91 Å². The van der Waals surface area contributed by atoms with E-state index in [1.54, 1.807) is 6.07 Å². The first-order valence-corrected chi connectivity index (χ1v) is 8.56. The van der Waals surface area contributed by atoms with Crippen LogP contribution < -0.4 is 15.0 Å². The molecule has 0 fully saturated rings. The molecule has 0 saturated carbocycles. The van der Waals surface area contributed by atoms with Crippen LogP contribution in [0.5, 0.6) is 5.75 Å². The number of anilines is 1. The molecule has 0 aromatic heterocycles. The molecule has 5 heteroatoms. The van der Waals surface area contributed by atoms with Crippen LogP contribution in [0.25, 0.3) is 0 Å². The van der Waals surface area contributed by atoms with E-state index in [0.29, 0.717) is 18.2 Å². The van der Waals surface area contributed by atoms with E-state index in [4.69, 9.17) is 4.74 Å². The fraction of sp³-hybridized carbons (Fsp3) is 0.350. The molecule has 1 amide bonds. The smallest absolute Gasteiger partial charge is 0.251 e. The van der Waals surface area contributed by atoms with E-state index in [-0.39, 0.29) is 11.7 Å². The van der Waals surface area contributed by atoms with Crippen molar-refractivity contribution >= 4 is 11.6 Å². The molecule has 1 aliphatic heterocycles. The van der Waals surface area contributed by atoms with Crippen LogP contribution in [0.1, 0.15) is 29.3 Å². The highest BCUT2D eigenvalue weighted by Gasteiger charge is 2.24. The highest BCUT2D eigenvalue weighted by Crippen LogP contribution is 2.31. The molecular weight excluding hydrogens is 319 g/mol. The fourth-order valence-electron chi connectivity index (χ4n) is 3.33. The van der Waals surface area contributed by atoms with Gasteiger partial charge in [0.1, 0.15) is 0 Å². The first-order valence-electron chi connectivity index (χ1n) is 8.56. The van der Waals surface area contributed by atoms with Gasteiger partial charge in [-0.15, -0.1) is 0 Å². The van der Waals surface area contributed by atoms with Crippen LogP contribution in [0.15, 0.2) is 42.5 Å². The van der Waals surface area contributed by atoms with Crippen molar-refractivity contribution in [2.75, 3.05) is 25.1 Å². The fourth-order valence-corrected chi connectivity index (χ4v) is 3.33. The normalized spacial score (nSPS) is 15.8. The Bertz CT molecular complexity index is 763. The number of nitrogens with zero attached hydrogens (tertiary/aromatic N) is 1. The van der Waals surface area contributed by atoms with Crippen molar-refractivity contribution < 1.29 is 13.9 Å². The lowest BCUT2D eigenvalue weighted by atomic mass is 10.1. The number of benzene rings is 2. The molecule has 0 spiro atoms. The summed E-state index contributed by atoms with van der Waals surface area (Å²) in [6.07, 6.45) is 1.90. The predicted molar refractivity (Wildman–Crippen MR) is 96.9 cm³/mol. The molecule has 0 radical (unpaired) electrons. The van der Waals surface area contributed by atoms with Gasteiger partial charge in [-0.25, -0.2) is 4.39 Å². The van der Waals surface area contributed by atoms with E-state index in [1.165, 1.54) is 30.5 Å². The third-order valence-electron chi connectivity index (χ3n) is 4.62. The largest absolute Gasteiger partial charge is 0.494 e. The number of carbonyl (C=O) groups excluding carboxylic acids is 1. The Hall–Kier alpha value is -2.56. The number of amides is 1. The third-order valence-corrected chi connectivity index (χ3v) is 4.62. The number of methoxy groups -OCH3 is 1. The molecule has 25 heavy (non-hydrogen) atoms. The highest BCUT2D eigenvalue weighted by atomic mass is 19.1. The molecular formula is C20H23FN2O2. The molecule has 2 aromatic carbocycles. The Morgan fingerprint density at radius 2 is 2.12 bits per heavy atom. The van der Waals surface area contributed by atoms with Crippen molar-refractivity contribution in [1.82, 2.24) is 5.32 Å². The van der Waals surface area contributed by atoms with Gasteiger partial charge in [-0.3, -0.25) is 4.79 Å². The Morgan fingerprint density at radius 1 is 1.32 bits per heavy atom. The number of nitrogens with one attached hydrogen (secondary N) is 1. The first kappa shape index (κ1) is 17.3. The second-order valence-electron chi connectivity index (χ2n) is 6.33. The van der Waals surface area contributed by atoms with Gasteiger partial charge in [0, 0.05) is 30.4 Å². The molecule has 1 atom stereocenters. The van der Waals surface area contributed by atoms with Crippen LogP contribution >= 0.6 is 0 Å². The van der Waals surface area contributed by atoms with E-state index in [2.05, 4.69) is 41.4 Å². The van der Waals surface area contributed by atoms with Crippen LogP contribution in [0.4, 0.5) is 10.1 Å². The lowest BCUT2D eigenvalue weighted by Crippen LogP contribution is -2.33. The molecule has 0 bridgehead atoms. The van der Waals surface area contributed by atoms with Crippen LogP contribution in [-0.2, 0) is 6.42 Å². The average molecular weight is 342 g/mol. The molecule has 3 rings (SSSR count). The highest BCUT2D eigenvalue weighted by molar-refractivity contribution is 5.94. The Labute approximate surface area is 147 Å². The third kappa shape index (κ3) is 3.76. The summed E-state index contributed by atoms with van der Waals surface area (Å²) in [5.41, 5.74) is 2.98. The number of rotatable bonds is 6. The van der Waals surface area contributed by atoms with Gasteiger partial charge in [0.05, 0.1) is 7.11 Å². The molecule has 0 unspecified atom stereocenters. The van der Waals surface area contributed by atoms with Crippen LogP contribution in [0.3, 0.4) is 0 Å². The standard InChI is InChI=1S/C20H23FN2O2/c1-14-12-15-6-3-4-7-18(15)23(14)11-5-10-22-20(24)16-8-9-19(25-2)17(21)13-16/h3-4,6-9,13-14H,5,10-12H2,1-2H3,(H,22,24)/t14-/m1/s1. The number of carbonyl (C=O) groups is 1. The number of para-hydroxylation sites is 1. The van der Waals surface area contributed by atoms with E-state index < -0.39 is 5.82 Å². The van der Waals surface area contributed by atoms with Gasteiger partial charge in [-0.05, 0) is 49.6 Å². The monoisotopic (exact) mass is 342 g/mol. The zero-order chi connectivity index (χ0) is 17.8. The van der Waals surface area contributed by atoms with Gasteiger partial charge in [-0.1, -0.05) is 18.2 Å². The summed E-state index contributed by atoms with van der Waals surface area (Å²) < 4.78 is 18.5. The molecule has 4 nitrogen and oxygen atoms in total. The maximum absolute atomic E-state index is 13.7. The number of hydrogen-bond acceptors (Lipinski definition) is 3. The zero-order valence-corrected chi connectivity index (χ0v) is 14.6. The SMILES string of the molecule is COc1ccc(C(=O)NCCCN2c3ccccc3C[C@H]2C)cc1F. The number of halogens is 1. The Balaban J connectivity index is 1.50.